The van der Waals surface area contributed by atoms with Crippen molar-refractivity contribution in [2.24, 2.45) is 0 Å². The zero-order chi connectivity index (χ0) is 10.6. The number of halogens is 1. The van der Waals surface area contributed by atoms with Gasteiger partial charge in [0, 0.05) is 37.9 Å². The van der Waals surface area contributed by atoms with Gasteiger partial charge in [-0.05, 0) is 20.3 Å². The molecule has 4 heteroatoms. The van der Waals surface area contributed by atoms with Crippen LogP contribution in [0.15, 0.2) is 12.4 Å². The summed E-state index contributed by atoms with van der Waals surface area (Å²) in [4.78, 5) is 6.45. The number of imidazole rings is 1. The van der Waals surface area contributed by atoms with Crippen LogP contribution in [0.1, 0.15) is 20.3 Å². The van der Waals surface area contributed by atoms with Crippen LogP contribution in [0, 0.1) is 0 Å². The number of hydrogen-bond donors (Lipinski definition) is 0. The number of aryl methyl sites for hydroxylation is 1. The lowest BCUT2D eigenvalue weighted by Crippen LogP contribution is -2.23. The van der Waals surface area contributed by atoms with Crippen molar-refractivity contribution in [2.75, 3.05) is 18.5 Å². The molecule has 3 nitrogen and oxygen atoms in total. The van der Waals surface area contributed by atoms with Crippen LogP contribution >= 0.6 is 11.6 Å². The Balaban J connectivity index is 2.55. The van der Waals surface area contributed by atoms with Gasteiger partial charge < -0.3 is 9.47 Å². The van der Waals surface area contributed by atoms with Crippen LogP contribution in [0.4, 0.5) is 5.95 Å². The van der Waals surface area contributed by atoms with E-state index in [-0.39, 0.29) is 5.38 Å². The van der Waals surface area contributed by atoms with E-state index < -0.39 is 0 Å². The van der Waals surface area contributed by atoms with Crippen molar-refractivity contribution in [3.8, 4) is 0 Å². The van der Waals surface area contributed by atoms with E-state index >= 15 is 0 Å². The molecule has 0 saturated heterocycles. The molecule has 14 heavy (non-hydrogen) atoms. The monoisotopic (exact) mass is 215 g/mol. The summed E-state index contributed by atoms with van der Waals surface area (Å²) in [7, 11) is 2.05. The Hall–Kier alpha value is -0.700. The highest BCUT2D eigenvalue weighted by molar-refractivity contribution is 6.20. The summed E-state index contributed by atoms with van der Waals surface area (Å²) >= 11 is 5.90. The summed E-state index contributed by atoms with van der Waals surface area (Å²) < 4.78 is 2.12. The van der Waals surface area contributed by atoms with Crippen LogP contribution in [0.5, 0.6) is 0 Å². The molecule has 0 bridgehead atoms. The van der Waals surface area contributed by atoms with E-state index in [0.29, 0.717) is 0 Å². The number of anilines is 1. The van der Waals surface area contributed by atoms with Crippen LogP contribution in [-0.4, -0.2) is 28.5 Å². The highest BCUT2D eigenvalue weighted by Gasteiger charge is 2.07. The van der Waals surface area contributed by atoms with Crippen molar-refractivity contribution < 1.29 is 0 Å². The first kappa shape index (κ1) is 11.4. The second-order valence-corrected chi connectivity index (χ2v) is 4.25. The van der Waals surface area contributed by atoms with E-state index in [9.17, 15) is 0 Å². The van der Waals surface area contributed by atoms with Gasteiger partial charge in [0.25, 0.3) is 0 Å². The van der Waals surface area contributed by atoms with E-state index in [4.69, 9.17) is 11.6 Å². The molecule has 1 rings (SSSR count). The summed E-state index contributed by atoms with van der Waals surface area (Å²) in [5, 5.41) is 0.225. The molecule has 1 atom stereocenters. The van der Waals surface area contributed by atoms with Crippen molar-refractivity contribution >= 4 is 17.5 Å². The molecule has 80 valence electrons. The normalized spacial score (nSPS) is 12.9. The molecular formula is C10H18ClN3. The molecule has 0 saturated carbocycles. The van der Waals surface area contributed by atoms with Crippen LogP contribution in [0.2, 0.25) is 0 Å². The van der Waals surface area contributed by atoms with Gasteiger partial charge in [-0.1, -0.05) is 0 Å². The van der Waals surface area contributed by atoms with Crippen LogP contribution in [-0.2, 0) is 6.54 Å². The zero-order valence-electron chi connectivity index (χ0n) is 9.07. The lowest BCUT2D eigenvalue weighted by Gasteiger charge is -2.19. The van der Waals surface area contributed by atoms with Crippen LogP contribution < -0.4 is 4.90 Å². The molecule has 0 aliphatic carbocycles. The lowest BCUT2D eigenvalue weighted by molar-refractivity contribution is 0.700. The van der Waals surface area contributed by atoms with Crippen molar-refractivity contribution in [3.63, 3.8) is 0 Å². The summed E-state index contributed by atoms with van der Waals surface area (Å²) in [6, 6.07) is 0. The third-order valence-electron chi connectivity index (χ3n) is 2.24. The van der Waals surface area contributed by atoms with Crippen molar-refractivity contribution in [1.29, 1.82) is 0 Å². The third kappa shape index (κ3) is 2.91. The number of alkyl halides is 1. The molecule has 1 heterocycles. The molecule has 0 fully saturated rings. The smallest absolute Gasteiger partial charge is 0.205 e. The third-order valence-corrected chi connectivity index (χ3v) is 2.46. The molecule has 1 aromatic rings. The number of aromatic nitrogens is 2. The van der Waals surface area contributed by atoms with Crippen molar-refractivity contribution in [2.45, 2.75) is 32.2 Å². The molecule has 0 aliphatic rings. The molecule has 0 aliphatic heterocycles. The maximum atomic E-state index is 5.90. The number of nitrogens with zero attached hydrogens (tertiary/aromatic N) is 3. The van der Waals surface area contributed by atoms with Crippen molar-refractivity contribution in [1.82, 2.24) is 9.55 Å². The summed E-state index contributed by atoms with van der Waals surface area (Å²) in [6.07, 6.45) is 4.81. The van der Waals surface area contributed by atoms with Gasteiger partial charge in [0.15, 0.2) is 0 Å². The Labute approximate surface area is 90.7 Å². The van der Waals surface area contributed by atoms with E-state index in [1.54, 1.807) is 0 Å². The van der Waals surface area contributed by atoms with Gasteiger partial charge in [-0.15, -0.1) is 11.6 Å². The fourth-order valence-electron chi connectivity index (χ4n) is 1.36. The van der Waals surface area contributed by atoms with E-state index in [0.717, 1.165) is 25.5 Å². The maximum Gasteiger partial charge on any atom is 0.205 e. The largest absolute Gasteiger partial charge is 0.345 e. The minimum Gasteiger partial charge on any atom is -0.345 e. The molecule has 1 unspecified atom stereocenters. The predicted molar refractivity (Wildman–Crippen MR) is 61.1 cm³/mol. The molecule has 1 aromatic heterocycles. The first-order valence-electron chi connectivity index (χ1n) is 5.01. The van der Waals surface area contributed by atoms with E-state index in [2.05, 4.69) is 21.4 Å². The Morgan fingerprint density at radius 3 is 2.93 bits per heavy atom. The Morgan fingerprint density at radius 2 is 2.36 bits per heavy atom. The second-order valence-electron chi connectivity index (χ2n) is 3.50. The van der Waals surface area contributed by atoms with E-state index in [1.807, 2.05) is 26.4 Å². The quantitative estimate of drug-likeness (QED) is 0.704. The summed E-state index contributed by atoms with van der Waals surface area (Å²) in [5.74, 6) is 1.02. The van der Waals surface area contributed by atoms with Crippen LogP contribution in [0.25, 0.3) is 0 Å². The maximum absolute atomic E-state index is 5.90. The van der Waals surface area contributed by atoms with Crippen LogP contribution in [0.3, 0.4) is 0 Å². The average Bonchev–Trinajstić information content (AvgIpc) is 2.61. The highest BCUT2D eigenvalue weighted by atomic mass is 35.5. The fraction of sp³-hybridized carbons (Fsp3) is 0.700. The number of rotatable bonds is 5. The zero-order valence-corrected chi connectivity index (χ0v) is 9.83. The Morgan fingerprint density at radius 1 is 1.64 bits per heavy atom. The Bertz CT molecular complexity index is 270. The van der Waals surface area contributed by atoms with Gasteiger partial charge in [0.1, 0.15) is 0 Å². The topological polar surface area (TPSA) is 21.1 Å². The average molecular weight is 216 g/mol. The molecule has 0 N–H and O–H groups in total. The van der Waals surface area contributed by atoms with Gasteiger partial charge in [0.2, 0.25) is 5.95 Å². The van der Waals surface area contributed by atoms with Gasteiger partial charge in [0.05, 0.1) is 0 Å². The summed E-state index contributed by atoms with van der Waals surface area (Å²) in [5.41, 5.74) is 0. The van der Waals surface area contributed by atoms with Crippen molar-refractivity contribution in [3.05, 3.63) is 12.4 Å². The fourth-order valence-corrected chi connectivity index (χ4v) is 1.46. The van der Waals surface area contributed by atoms with Gasteiger partial charge in [-0.3, -0.25) is 0 Å². The highest BCUT2D eigenvalue weighted by Crippen LogP contribution is 2.11. The summed E-state index contributed by atoms with van der Waals surface area (Å²) in [6.45, 7) is 6.03. The minimum atomic E-state index is 0.225. The van der Waals surface area contributed by atoms with Gasteiger partial charge >= 0.3 is 0 Å². The van der Waals surface area contributed by atoms with E-state index in [1.165, 1.54) is 0 Å². The molecule has 0 aromatic carbocycles. The molecule has 0 radical (unpaired) electrons. The first-order valence-corrected chi connectivity index (χ1v) is 5.45. The molecule has 0 spiro atoms. The number of hydrogen-bond acceptors (Lipinski definition) is 2. The predicted octanol–water partition coefficient (Wildman–Crippen LogP) is 2.36. The lowest BCUT2D eigenvalue weighted by atomic mass is 10.3. The second kappa shape index (κ2) is 5.25. The Kier molecular flexibility index (Phi) is 4.26. The molecular weight excluding hydrogens is 198 g/mol. The molecule has 0 amide bonds. The minimum absolute atomic E-state index is 0.225. The standard InChI is InChI=1S/C10H18ClN3/c1-4-14-8-6-12-10(14)13(3)7-5-9(2)11/h6,8-9H,4-5,7H2,1-3H3. The first-order chi connectivity index (χ1) is 6.65. The van der Waals surface area contributed by atoms with Gasteiger partial charge in [-0.2, -0.15) is 0 Å². The SMILES string of the molecule is CCn1ccnc1N(C)CCC(C)Cl. The van der Waals surface area contributed by atoms with Gasteiger partial charge in [-0.25, -0.2) is 4.98 Å².